The molecule has 2 aliphatic heterocycles. The average Bonchev–Trinajstić information content (AvgIpc) is 3.77. The number of fused-ring (bicyclic) bond motifs is 2. The molecule has 3 aliphatic rings. The summed E-state index contributed by atoms with van der Waals surface area (Å²) in [7, 11) is 0. The number of nitrogens with zero attached hydrogens (tertiary/aromatic N) is 4. The number of ketones is 2. The summed E-state index contributed by atoms with van der Waals surface area (Å²) in [5.41, 5.74) is 9.07. The van der Waals surface area contributed by atoms with E-state index in [0.717, 1.165) is 76.7 Å². The van der Waals surface area contributed by atoms with Crippen LogP contribution in [0.4, 0.5) is 10.9 Å². The molecule has 1 saturated heterocycles. The Hall–Kier alpha value is -4.73. The van der Waals surface area contributed by atoms with E-state index < -0.39 is 0 Å². The van der Waals surface area contributed by atoms with Crippen molar-refractivity contribution < 1.29 is 14.4 Å². The lowest BCUT2D eigenvalue weighted by Crippen LogP contribution is -2.41. The minimum absolute atomic E-state index is 0.0597. The number of aryl methyl sites for hydroxylation is 1. The highest BCUT2D eigenvalue weighted by Gasteiger charge is 2.41. The first-order chi connectivity index (χ1) is 26.1. The largest absolute Gasteiger partial charge is 0.352 e. The number of carbonyl (C=O) groups excluding carboxylic acids is 3. The summed E-state index contributed by atoms with van der Waals surface area (Å²) >= 11 is 1.47. The van der Waals surface area contributed by atoms with Crippen molar-refractivity contribution in [2.45, 2.75) is 78.7 Å². The number of hydrogen-bond acceptors (Lipinski definition) is 8. The number of rotatable bonds is 10. The first kappa shape index (κ1) is 36.3. The van der Waals surface area contributed by atoms with E-state index in [2.05, 4.69) is 57.4 Å². The van der Waals surface area contributed by atoms with Crippen molar-refractivity contribution in [3.05, 3.63) is 106 Å². The predicted molar refractivity (Wildman–Crippen MR) is 218 cm³/mol. The highest BCUT2D eigenvalue weighted by Crippen LogP contribution is 2.50. The molecule has 0 bridgehead atoms. The van der Waals surface area contributed by atoms with Crippen LogP contribution in [0.5, 0.6) is 0 Å². The fourth-order valence-corrected chi connectivity index (χ4v) is 10.2. The maximum atomic E-state index is 13.6. The lowest BCUT2D eigenvalue weighted by atomic mass is 9.76. The van der Waals surface area contributed by atoms with E-state index in [1.807, 2.05) is 42.5 Å². The number of Topliss-reactive ketones (excluding diaryl/α,β-unsaturated/α-hetero) is 2. The van der Waals surface area contributed by atoms with Gasteiger partial charge in [-0.15, -0.1) is 0 Å². The molecule has 0 radical (unpaired) electrons. The molecule has 1 saturated carbocycles. The Bertz CT molecular complexity index is 2200. The molecule has 1 aliphatic carbocycles. The van der Waals surface area contributed by atoms with Gasteiger partial charge >= 0.3 is 0 Å². The molecule has 1 N–H and O–H groups in total. The quantitative estimate of drug-likeness (QED) is 0.143. The zero-order chi connectivity index (χ0) is 37.4. The molecule has 8 rings (SSSR count). The number of pyridine rings is 1. The van der Waals surface area contributed by atoms with Crippen molar-refractivity contribution in [1.82, 2.24) is 14.9 Å². The molecule has 3 aromatic carbocycles. The van der Waals surface area contributed by atoms with Crippen LogP contribution in [0, 0.1) is 18.3 Å². The smallest absolute Gasteiger partial charge is 0.257 e. The molecule has 8 nitrogen and oxygen atoms in total. The lowest BCUT2D eigenvalue weighted by Gasteiger charge is -2.39. The van der Waals surface area contributed by atoms with Gasteiger partial charge in [-0.1, -0.05) is 53.8 Å². The van der Waals surface area contributed by atoms with Gasteiger partial charge < -0.3 is 4.90 Å². The van der Waals surface area contributed by atoms with Gasteiger partial charge in [0.25, 0.3) is 5.91 Å². The van der Waals surface area contributed by atoms with Crippen molar-refractivity contribution >= 4 is 50.0 Å². The molecule has 5 aromatic rings. The third-order valence-electron chi connectivity index (χ3n) is 12.3. The Morgan fingerprint density at radius 1 is 0.889 bits per heavy atom. The molecule has 1 unspecified atom stereocenters. The number of nitrogens with one attached hydrogen (secondary N) is 1. The van der Waals surface area contributed by atoms with Gasteiger partial charge in [-0.05, 0) is 148 Å². The molecule has 1 amide bonds. The van der Waals surface area contributed by atoms with Crippen LogP contribution < -0.4 is 10.2 Å². The molecule has 9 heteroatoms. The zero-order valence-electron chi connectivity index (χ0n) is 31.6. The molecular formula is C45H49N5O3S. The van der Waals surface area contributed by atoms with Crippen molar-refractivity contribution in [1.29, 1.82) is 0 Å². The fourth-order valence-electron chi connectivity index (χ4n) is 9.32. The molecule has 54 heavy (non-hydrogen) atoms. The van der Waals surface area contributed by atoms with E-state index >= 15 is 0 Å². The van der Waals surface area contributed by atoms with Crippen LogP contribution in [0.3, 0.4) is 0 Å². The summed E-state index contributed by atoms with van der Waals surface area (Å²) in [6, 6.07) is 24.4. The third-order valence-corrected chi connectivity index (χ3v) is 13.2. The Morgan fingerprint density at radius 3 is 2.50 bits per heavy atom. The summed E-state index contributed by atoms with van der Waals surface area (Å²) in [5.74, 6) is 1.51. The Kier molecular flexibility index (Phi) is 10.2. The monoisotopic (exact) mass is 739 g/mol. The average molecular weight is 740 g/mol. The van der Waals surface area contributed by atoms with Crippen LogP contribution in [0.15, 0.2) is 72.8 Å². The number of thiazole rings is 1. The van der Waals surface area contributed by atoms with Gasteiger partial charge in [-0.3, -0.25) is 24.6 Å². The summed E-state index contributed by atoms with van der Waals surface area (Å²) in [6.45, 7) is 9.45. The number of amides is 1. The van der Waals surface area contributed by atoms with E-state index in [-0.39, 0.29) is 17.5 Å². The highest BCUT2D eigenvalue weighted by atomic mass is 32.1. The maximum Gasteiger partial charge on any atom is 0.257 e. The van der Waals surface area contributed by atoms with Gasteiger partial charge in [0.15, 0.2) is 10.9 Å². The normalized spacial score (nSPS) is 18.2. The van der Waals surface area contributed by atoms with Gasteiger partial charge in [0.1, 0.15) is 17.3 Å². The minimum atomic E-state index is -0.172. The van der Waals surface area contributed by atoms with Crippen LogP contribution in [0.25, 0.3) is 21.3 Å². The second-order valence-corrected chi connectivity index (χ2v) is 16.9. The summed E-state index contributed by atoms with van der Waals surface area (Å²) in [4.78, 5) is 52.6. The number of piperidine rings is 1. The third kappa shape index (κ3) is 7.49. The van der Waals surface area contributed by atoms with Crippen LogP contribution in [-0.2, 0) is 24.2 Å². The van der Waals surface area contributed by atoms with E-state index in [1.54, 1.807) is 13.8 Å². The van der Waals surface area contributed by atoms with Gasteiger partial charge in [-0.25, -0.2) is 9.97 Å². The Balaban J connectivity index is 0.963. The van der Waals surface area contributed by atoms with Gasteiger partial charge in [-0.2, -0.15) is 0 Å². The van der Waals surface area contributed by atoms with Crippen LogP contribution >= 0.6 is 11.3 Å². The second kappa shape index (κ2) is 15.2. The Labute approximate surface area is 322 Å². The molecule has 2 aromatic heterocycles. The highest BCUT2D eigenvalue weighted by molar-refractivity contribution is 7.22. The maximum absolute atomic E-state index is 13.6. The molecule has 1 spiro atoms. The minimum Gasteiger partial charge on any atom is -0.352 e. The number of para-hydroxylation sites is 1. The number of aromatic nitrogens is 2. The second-order valence-electron chi connectivity index (χ2n) is 15.9. The molecule has 1 atom stereocenters. The van der Waals surface area contributed by atoms with Crippen molar-refractivity contribution in [3.63, 3.8) is 0 Å². The van der Waals surface area contributed by atoms with Crippen LogP contribution in [0.2, 0.25) is 0 Å². The topological polar surface area (TPSA) is 95.5 Å². The van der Waals surface area contributed by atoms with Crippen molar-refractivity contribution in [2.24, 2.45) is 11.3 Å². The number of carbonyl (C=O) groups is 3. The molecule has 4 heterocycles. The van der Waals surface area contributed by atoms with E-state index in [4.69, 9.17) is 4.98 Å². The number of benzene rings is 3. The van der Waals surface area contributed by atoms with Gasteiger partial charge in [0.2, 0.25) is 0 Å². The first-order valence-corrected chi connectivity index (χ1v) is 20.3. The van der Waals surface area contributed by atoms with Crippen molar-refractivity contribution in [2.75, 3.05) is 36.4 Å². The number of likely N-dealkylation sites (tertiary alicyclic amines) is 1. The standard InChI is InChI=1S/C45H49N5O3S/c1-29(51)27-49-24-21-45(22-25-49)20-18-32(26-45)14-15-33-8-6-10-35(30(33)2)36-16-17-41(47-42(36)31(3)52)50-23-19-34-9-7-11-37(38(34)28-50)43(53)48-44-46-39-12-4-5-13-40(39)54-44/h4-13,16-17,32H,14-15,18-28H2,1-3H3,(H,46,48,53). The summed E-state index contributed by atoms with van der Waals surface area (Å²) < 4.78 is 1.03. The molecule has 278 valence electrons. The van der Waals surface area contributed by atoms with E-state index in [1.165, 1.54) is 61.0 Å². The fraction of sp³-hybridized carbons (Fsp3) is 0.400. The van der Waals surface area contributed by atoms with E-state index in [0.29, 0.717) is 34.9 Å². The lowest BCUT2D eigenvalue weighted by molar-refractivity contribution is -0.118. The van der Waals surface area contributed by atoms with E-state index in [9.17, 15) is 14.4 Å². The zero-order valence-corrected chi connectivity index (χ0v) is 32.4. The predicted octanol–water partition coefficient (Wildman–Crippen LogP) is 9.09. The number of hydrogen-bond donors (Lipinski definition) is 1. The molecule has 2 fully saturated rings. The summed E-state index contributed by atoms with van der Waals surface area (Å²) in [6.07, 6.45) is 9.32. The van der Waals surface area contributed by atoms with Crippen molar-refractivity contribution in [3.8, 4) is 11.1 Å². The first-order valence-electron chi connectivity index (χ1n) is 19.5. The summed E-state index contributed by atoms with van der Waals surface area (Å²) in [5, 5.41) is 3.62. The number of anilines is 2. The van der Waals surface area contributed by atoms with Crippen LogP contribution in [-0.4, -0.2) is 58.5 Å². The Morgan fingerprint density at radius 2 is 1.70 bits per heavy atom. The van der Waals surface area contributed by atoms with Gasteiger partial charge in [0, 0.05) is 31.1 Å². The SMILES string of the molecule is CC(=O)CN1CCC2(CCC(CCc3cccc(-c4ccc(N5CCc6cccc(C(=O)Nc7nc8ccccc8s7)c6C5)nc4C(C)=O)c3C)C2)CC1. The van der Waals surface area contributed by atoms with Gasteiger partial charge in [0.05, 0.1) is 16.8 Å². The van der Waals surface area contributed by atoms with Crippen LogP contribution in [0.1, 0.15) is 95.5 Å². The molecular weight excluding hydrogens is 691 g/mol.